The lowest BCUT2D eigenvalue weighted by Crippen LogP contribution is -2.34. The molecule has 0 saturated carbocycles. The van der Waals surface area contributed by atoms with Gasteiger partial charge in [0.1, 0.15) is 0 Å². The summed E-state index contributed by atoms with van der Waals surface area (Å²) in [5.41, 5.74) is 7.95. The van der Waals surface area contributed by atoms with E-state index in [2.05, 4.69) is 11.8 Å². The normalized spacial score (nSPS) is 9.90. The van der Waals surface area contributed by atoms with Crippen LogP contribution in [0.25, 0.3) is 0 Å². The fourth-order valence-corrected chi connectivity index (χ4v) is 1.94. The first-order valence-electron chi connectivity index (χ1n) is 7.30. The maximum atomic E-state index is 12.5. The number of nitrogens with two attached hydrogens (primary N) is 1. The summed E-state index contributed by atoms with van der Waals surface area (Å²) in [6.45, 7) is 8.67. The molecule has 0 aromatic heterocycles. The molecule has 4 heteroatoms. The lowest BCUT2D eigenvalue weighted by atomic mass is 10.0. The highest BCUT2D eigenvalue weighted by Gasteiger charge is 2.14. The van der Waals surface area contributed by atoms with Gasteiger partial charge in [0, 0.05) is 30.8 Å². The van der Waals surface area contributed by atoms with Gasteiger partial charge in [-0.3, -0.25) is 4.79 Å². The van der Waals surface area contributed by atoms with Crippen molar-refractivity contribution in [2.75, 3.05) is 32.8 Å². The Morgan fingerprint density at radius 2 is 2.14 bits per heavy atom. The number of carbonyl (C=O) groups is 1. The Morgan fingerprint density at radius 1 is 1.38 bits per heavy atom. The zero-order valence-corrected chi connectivity index (χ0v) is 13.1. The smallest absolute Gasteiger partial charge is 0.253 e. The molecule has 0 aliphatic carbocycles. The zero-order chi connectivity index (χ0) is 15.7. The van der Waals surface area contributed by atoms with Crippen molar-refractivity contribution >= 4 is 5.91 Å². The molecule has 0 fully saturated rings. The predicted octanol–water partition coefficient (Wildman–Crippen LogP) is 1.80. The highest BCUT2D eigenvalue weighted by molar-refractivity contribution is 5.94. The number of aryl methyl sites for hydroxylation is 1. The number of amides is 1. The first-order chi connectivity index (χ1) is 10.1. The summed E-state index contributed by atoms with van der Waals surface area (Å²) in [6, 6.07) is 5.60. The van der Waals surface area contributed by atoms with Gasteiger partial charge in [-0.1, -0.05) is 17.9 Å². The highest BCUT2D eigenvalue weighted by Crippen LogP contribution is 2.12. The van der Waals surface area contributed by atoms with Crippen molar-refractivity contribution in [1.29, 1.82) is 0 Å². The molecule has 0 bridgehead atoms. The molecule has 1 aromatic rings. The number of nitrogens with zero attached hydrogens (tertiary/aromatic N) is 1. The summed E-state index contributed by atoms with van der Waals surface area (Å²) in [5.74, 6) is 5.84. The van der Waals surface area contributed by atoms with E-state index in [1.807, 2.05) is 39.0 Å². The maximum Gasteiger partial charge on any atom is 0.253 e. The largest absolute Gasteiger partial charge is 0.380 e. The minimum absolute atomic E-state index is 0.00741. The number of ether oxygens (including phenoxy) is 1. The van der Waals surface area contributed by atoms with Crippen molar-refractivity contribution in [2.45, 2.75) is 20.8 Å². The van der Waals surface area contributed by atoms with Crippen molar-refractivity contribution < 1.29 is 9.53 Å². The SMILES string of the molecule is CCOCCN(CC)C(=O)c1ccc(C)c(C#CCN)c1. The molecule has 2 N–H and O–H groups in total. The van der Waals surface area contributed by atoms with Crippen LogP contribution in [0.1, 0.15) is 35.3 Å². The molecule has 0 heterocycles. The lowest BCUT2D eigenvalue weighted by molar-refractivity contribution is 0.0669. The lowest BCUT2D eigenvalue weighted by Gasteiger charge is -2.21. The van der Waals surface area contributed by atoms with E-state index in [-0.39, 0.29) is 5.91 Å². The van der Waals surface area contributed by atoms with Gasteiger partial charge in [-0.15, -0.1) is 0 Å². The van der Waals surface area contributed by atoms with Crippen LogP contribution >= 0.6 is 0 Å². The van der Waals surface area contributed by atoms with Crippen molar-refractivity contribution in [3.05, 3.63) is 34.9 Å². The van der Waals surface area contributed by atoms with E-state index in [0.717, 1.165) is 11.1 Å². The molecule has 4 nitrogen and oxygen atoms in total. The number of likely N-dealkylation sites (N-methyl/N-ethyl adjacent to an activating group) is 1. The second-order valence-corrected chi connectivity index (χ2v) is 4.62. The van der Waals surface area contributed by atoms with E-state index in [9.17, 15) is 4.79 Å². The zero-order valence-electron chi connectivity index (χ0n) is 13.1. The van der Waals surface area contributed by atoms with Gasteiger partial charge in [0.2, 0.25) is 0 Å². The van der Waals surface area contributed by atoms with Crippen LogP contribution in [0.5, 0.6) is 0 Å². The van der Waals surface area contributed by atoms with Crippen LogP contribution in [0.15, 0.2) is 18.2 Å². The Bertz CT molecular complexity index is 529. The van der Waals surface area contributed by atoms with Crippen molar-refractivity contribution in [2.24, 2.45) is 5.73 Å². The van der Waals surface area contributed by atoms with Crippen LogP contribution in [-0.2, 0) is 4.74 Å². The number of rotatable bonds is 6. The van der Waals surface area contributed by atoms with Gasteiger partial charge in [0.05, 0.1) is 13.2 Å². The Labute approximate surface area is 127 Å². The molecule has 0 atom stereocenters. The molecule has 1 amide bonds. The van der Waals surface area contributed by atoms with E-state index in [4.69, 9.17) is 10.5 Å². The van der Waals surface area contributed by atoms with Gasteiger partial charge in [-0.05, 0) is 38.5 Å². The summed E-state index contributed by atoms with van der Waals surface area (Å²) in [4.78, 5) is 14.3. The fraction of sp³-hybridized carbons (Fsp3) is 0.471. The third-order valence-corrected chi connectivity index (χ3v) is 3.19. The van der Waals surface area contributed by atoms with Crippen molar-refractivity contribution in [1.82, 2.24) is 4.90 Å². The van der Waals surface area contributed by atoms with E-state index in [1.165, 1.54) is 0 Å². The van der Waals surface area contributed by atoms with Crippen LogP contribution in [0.4, 0.5) is 0 Å². The van der Waals surface area contributed by atoms with Crippen LogP contribution in [0.2, 0.25) is 0 Å². The summed E-state index contributed by atoms with van der Waals surface area (Å²) in [5, 5.41) is 0. The monoisotopic (exact) mass is 288 g/mol. The fourth-order valence-electron chi connectivity index (χ4n) is 1.94. The summed E-state index contributed by atoms with van der Waals surface area (Å²) in [6.07, 6.45) is 0. The Balaban J connectivity index is 2.89. The minimum Gasteiger partial charge on any atom is -0.380 e. The summed E-state index contributed by atoms with van der Waals surface area (Å²) < 4.78 is 5.32. The Hall–Kier alpha value is -1.83. The van der Waals surface area contributed by atoms with Crippen LogP contribution in [-0.4, -0.2) is 43.7 Å². The van der Waals surface area contributed by atoms with E-state index in [0.29, 0.717) is 38.4 Å². The molecule has 0 radical (unpaired) electrons. The van der Waals surface area contributed by atoms with E-state index < -0.39 is 0 Å². The minimum atomic E-state index is 0.00741. The molecule has 0 aliphatic rings. The molecule has 21 heavy (non-hydrogen) atoms. The first kappa shape index (κ1) is 17.2. The second kappa shape index (κ2) is 9.17. The topological polar surface area (TPSA) is 55.6 Å². The quantitative estimate of drug-likeness (QED) is 0.641. The third kappa shape index (κ3) is 5.22. The van der Waals surface area contributed by atoms with Gasteiger partial charge < -0.3 is 15.4 Å². The third-order valence-electron chi connectivity index (χ3n) is 3.19. The molecule has 1 aromatic carbocycles. The molecule has 114 valence electrons. The Morgan fingerprint density at radius 3 is 2.76 bits per heavy atom. The summed E-state index contributed by atoms with van der Waals surface area (Å²) in [7, 11) is 0. The summed E-state index contributed by atoms with van der Waals surface area (Å²) >= 11 is 0. The van der Waals surface area contributed by atoms with Gasteiger partial charge in [-0.2, -0.15) is 0 Å². The van der Waals surface area contributed by atoms with Gasteiger partial charge in [-0.25, -0.2) is 0 Å². The molecular formula is C17H24N2O2. The maximum absolute atomic E-state index is 12.5. The highest BCUT2D eigenvalue weighted by atomic mass is 16.5. The molecule has 0 unspecified atom stereocenters. The van der Waals surface area contributed by atoms with Gasteiger partial charge in [0.25, 0.3) is 5.91 Å². The van der Waals surface area contributed by atoms with Gasteiger partial charge >= 0.3 is 0 Å². The number of carbonyl (C=O) groups excluding carboxylic acids is 1. The number of hydrogen-bond donors (Lipinski definition) is 1. The van der Waals surface area contributed by atoms with E-state index >= 15 is 0 Å². The second-order valence-electron chi connectivity index (χ2n) is 4.62. The van der Waals surface area contributed by atoms with Crippen molar-refractivity contribution in [3.63, 3.8) is 0 Å². The standard InChI is InChI=1S/C17H24N2O2/c1-4-19(11-12-21-5-2)17(20)16-9-8-14(3)15(13-16)7-6-10-18/h8-9,13H,4-5,10-12,18H2,1-3H3. The average Bonchev–Trinajstić information content (AvgIpc) is 2.50. The van der Waals surface area contributed by atoms with E-state index in [1.54, 1.807) is 4.90 Å². The van der Waals surface area contributed by atoms with Crippen LogP contribution in [0, 0.1) is 18.8 Å². The molecule has 0 spiro atoms. The van der Waals surface area contributed by atoms with Crippen LogP contribution < -0.4 is 5.73 Å². The number of hydrogen-bond acceptors (Lipinski definition) is 3. The predicted molar refractivity (Wildman–Crippen MR) is 85.2 cm³/mol. The van der Waals surface area contributed by atoms with Crippen molar-refractivity contribution in [3.8, 4) is 11.8 Å². The first-order valence-corrected chi connectivity index (χ1v) is 7.30. The average molecular weight is 288 g/mol. The molecule has 1 rings (SSSR count). The molecule has 0 saturated heterocycles. The van der Waals surface area contributed by atoms with Crippen LogP contribution in [0.3, 0.4) is 0 Å². The molecule has 0 aliphatic heterocycles. The Kier molecular flexibility index (Phi) is 7.52. The number of benzene rings is 1. The molecular weight excluding hydrogens is 264 g/mol. The van der Waals surface area contributed by atoms with Gasteiger partial charge in [0.15, 0.2) is 0 Å².